The minimum Gasteiger partial charge on any atom is -0.508 e. The van der Waals surface area contributed by atoms with Crippen molar-refractivity contribution < 1.29 is 19.1 Å². The second-order valence-corrected chi connectivity index (χ2v) is 5.54. The van der Waals surface area contributed by atoms with Crippen LogP contribution in [0.5, 0.6) is 11.5 Å². The van der Waals surface area contributed by atoms with Gasteiger partial charge in [0.2, 0.25) is 0 Å². The first-order valence-electron chi connectivity index (χ1n) is 6.62. The van der Waals surface area contributed by atoms with Crippen molar-refractivity contribution in [3.05, 3.63) is 46.3 Å². The molecule has 2 aromatic rings. The van der Waals surface area contributed by atoms with Gasteiger partial charge in [-0.1, -0.05) is 23.2 Å². The summed E-state index contributed by atoms with van der Waals surface area (Å²) in [6.45, 7) is 2.16. The second kappa shape index (κ2) is 7.42. The van der Waals surface area contributed by atoms with E-state index in [1.54, 1.807) is 12.1 Å². The van der Waals surface area contributed by atoms with Crippen molar-refractivity contribution >= 4 is 29.1 Å². The van der Waals surface area contributed by atoms with E-state index in [4.69, 9.17) is 32.4 Å². The van der Waals surface area contributed by atoms with Crippen molar-refractivity contribution in [1.29, 1.82) is 0 Å². The van der Waals surface area contributed by atoms with Gasteiger partial charge in [0.25, 0.3) is 5.91 Å². The van der Waals surface area contributed by atoms with Gasteiger partial charge >= 0.3 is 0 Å². The van der Waals surface area contributed by atoms with Crippen LogP contribution in [0, 0.1) is 0 Å². The van der Waals surface area contributed by atoms with Gasteiger partial charge in [-0.3, -0.25) is 4.79 Å². The summed E-state index contributed by atoms with van der Waals surface area (Å²) in [5.41, 5.74) is 0. The van der Waals surface area contributed by atoms with Crippen LogP contribution < -0.4 is 10.1 Å². The Bertz CT molecular complexity index is 620. The van der Waals surface area contributed by atoms with E-state index in [1.807, 2.05) is 6.92 Å². The molecule has 0 aliphatic carbocycles. The zero-order chi connectivity index (χ0) is 16.1. The standard InChI is InChI=1S/C15H15Cl2NO4/c1-9(18-15(20)13-3-2-5-21-13)4-6-22-14-11(16)7-10(19)8-12(14)17/h2-3,5,7-9,19H,4,6H2,1H3,(H,18,20). The van der Waals surface area contributed by atoms with Gasteiger partial charge in [-0.25, -0.2) is 0 Å². The van der Waals surface area contributed by atoms with Crippen LogP contribution in [0.25, 0.3) is 0 Å². The van der Waals surface area contributed by atoms with Crippen molar-refractivity contribution in [2.45, 2.75) is 19.4 Å². The highest BCUT2D eigenvalue weighted by atomic mass is 35.5. The zero-order valence-electron chi connectivity index (χ0n) is 11.8. The fraction of sp³-hybridized carbons (Fsp3) is 0.267. The summed E-state index contributed by atoms with van der Waals surface area (Å²) in [6.07, 6.45) is 2.00. The summed E-state index contributed by atoms with van der Waals surface area (Å²) in [5.74, 6) is 0.266. The lowest BCUT2D eigenvalue weighted by molar-refractivity contribution is 0.0907. The molecule has 1 heterocycles. The Kier molecular flexibility index (Phi) is 5.57. The summed E-state index contributed by atoms with van der Waals surface area (Å²) in [5, 5.41) is 12.6. The Morgan fingerprint density at radius 2 is 2.09 bits per heavy atom. The lowest BCUT2D eigenvalue weighted by Gasteiger charge is -2.15. The number of halogens is 2. The third-order valence-electron chi connectivity index (χ3n) is 2.90. The van der Waals surface area contributed by atoms with Crippen LogP contribution in [0.2, 0.25) is 10.0 Å². The summed E-state index contributed by atoms with van der Waals surface area (Å²) < 4.78 is 10.5. The van der Waals surface area contributed by atoms with Gasteiger partial charge in [-0.05, 0) is 19.1 Å². The van der Waals surface area contributed by atoms with Crippen LogP contribution in [0.3, 0.4) is 0 Å². The predicted octanol–water partition coefficient (Wildman–Crippen LogP) is 3.88. The maximum absolute atomic E-state index is 11.8. The van der Waals surface area contributed by atoms with E-state index < -0.39 is 0 Å². The van der Waals surface area contributed by atoms with Crippen LogP contribution in [0.15, 0.2) is 34.9 Å². The first-order chi connectivity index (χ1) is 10.5. The van der Waals surface area contributed by atoms with Crippen molar-refractivity contribution in [3.8, 4) is 11.5 Å². The van der Waals surface area contributed by atoms with E-state index in [-0.39, 0.29) is 33.5 Å². The molecule has 22 heavy (non-hydrogen) atoms. The number of nitrogens with one attached hydrogen (secondary N) is 1. The topological polar surface area (TPSA) is 71.7 Å². The quantitative estimate of drug-likeness (QED) is 0.834. The lowest BCUT2D eigenvalue weighted by atomic mass is 10.2. The molecule has 1 aromatic carbocycles. The minimum atomic E-state index is -0.279. The van der Waals surface area contributed by atoms with Crippen LogP contribution in [-0.4, -0.2) is 23.7 Å². The van der Waals surface area contributed by atoms with Crippen LogP contribution >= 0.6 is 23.2 Å². The van der Waals surface area contributed by atoms with Crippen LogP contribution in [0.4, 0.5) is 0 Å². The monoisotopic (exact) mass is 343 g/mol. The molecular formula is C15H15Cl2NO4. The average Bonchev–Trinajstić information content (AvgIpc) is 2.95. The molecule has 0 spiro atoms. The number of rotatable bonds is 6. The fourth-order valence-corrected chi connectivity index (χ4v) is 2.38. The van der Waals surface area contributed by atoms with E-state index in [0.717, 1.165) is 0 Å². The molecule has 1 unspecified atom stereocenters. The van der Waals surface area contributed by atoms with E-state index in [9.17, 15) is 9.90 Å². The summed E-state index contributed by atoms with van der Waals surface area (Å²) in [4.78, 5) is 11.8. The highest BCUT2D eigenvalue weighted by Crippen LogP contribution is 2.36. The van der Waals surface area contributed by atoms with E-state index >= 15 is 0 Å². The number of benzene rings is 1. The number of furan rings is 1. The molecule has 2 N–H and O–H groups in total. The Balaban J connectivity index is 1.82. The number of ether oxygens (including phenoxy) is 1. The van der Waals surface area contributed by atoms with E-state index in [2.05, 4.69) is 5.32 Å². The summed E-state index contributed by atoms with van der Waals surface area (Å²) in [6, 6.07) is 5.83. The minimum absolute atomic E-state index is 0.0265. The largest absolute Gasteiger partial charge is 0.508 e. The molecule has 1 atom stereocenters. The number of phenolic OH excluding ortho intramolecular Hbond substituents is 1. The third-order valence-corrected chi connectivity index (χ3v) is 3.46. The average molecular weight is 344 g/mol. The Labute approximate surface area is 137 Å². The molecule has 1 amide bonds. The van der Waals surface area contributed by atoms with Crippen molar-refractivity contribution in [3.63, 3.8) is 0 Å². The van der Waals surface area contributed by atoms with Crippen LogP contribution in [-0.2, 0) is 0 Å². The van der Waals surface area contributed by atoms with Crippen molar-refractivity contribution in [2.75, 3.05) is 6.61 Å². The molecule has 1 aromatic heterocycles. The lowest BCUT2D eigenvalue weighted by Crippen LogP contribution is -2.33. The van der Waals surface area contributed by atoms with E-state index in [0.29, 0.717) is 18.8 Å². The molecule has 0 saturated heterocycles. The molecule has 0 radical (unpaired) electrons. The van der Waals surface area contributed by atoms with E-state index in [1.165, 1.54) is 18.4 Å². The molecule has 0 saturated carbocycles. The molecular weight excluding hydrogens is 329 g/mol. The second-order valence-electron chi connectivity index (χ2n) is 4.73. The molecule has 0 bridgehead atoms. The maximum Gasteiger partial charge on any atom is 0.287 e. The predicted molar refractivity (Wildman–Crippen MR) is 83.9 cm³/mol. The number of carbonyl (C=O) groups excluding carboxylic acids is 1. The number of phenols is 1. The maximum atomic E-state index is 11.8. The first kappa shape index (κ1) is 16.5. The van der Waals surface area contributed by atoms with Gasteiger partial charge in [0, 0.05) is 24.6 Å². The zero-order valence-corrected chi connectivity index (χ0v) is 13.3. The molecule has 5 nitrogen and oxygen atoms in total. The number of hydrogen-bond acceptors (Lipinski definition) is 4. The van der Waals surface area contributed by atoms with Gasteiger partial charge in [0.05, 0.1) is 22.9 Å². The van der Waals surface area contributed by atoms with Crippen molar-refractivity contribution in [1.82, 2.24) is 5.32 Å². The highest BCUT2D eigenvalue weighted by molar-refractivity contribution is 6.37. The Morgan fingerprint density at radius 1 is 1.41 bits per heavy atom. The van der Waals surface area contributed by atoms with Gasteiger partial charge in [-0.2, -0.15) is 0 Å². The SMILES string of the molecule is CC(CCOc1c(Cl)cc(O)cc1Cl)NC(=O)c1ccco1. The molecule has 7 heteroatoms. The Hall–Kier alpha value is -1.85. The molecule has 0 aliphatic heterocycles. The van der Waals surface area contributed by atoms with Crippen molar-refractivity contribution in [2.24, 2.45) is 0 Å². The van der Waals surface area contributed by atoms with Gasteiger partial charge in [-0.15, -0.1) is 0 Å². The van der Waals surface area contributed by atoms with Crippen LogP contribution in [0.1, 0.15) is 23.9 Å². The van der Waals surface area contributed by atoms with Gasteiger partial charge in [0.15, 0.2) is 11.5 Å². The van der Waals surface area contributed by atoms with Gasteiger partial charge < -0.3 is 19.6 Å². The fourth-order valence-electron chi connectivity index (χ4n) is 1.80. The number of aromatic hydroxyl groups is 1. The Morgan fingerprint density at radius 3 is 2.68 bits per heavy atom. The number of amides is 1. The van der Waals surface area contributed by atoms with Gasteiger partial charge in [0.1, 0.15) is 5.75 Å². The highest BCUT2D eigenvalue weighted by Gasteiger charge is 2.13. The molecule has 118 valence electrons. The summed E-state index contributed by atoms with van der Waals surface area (Å²) in [7, 11) is 0. The number of hydrogen-bond donors (Lipinski definition) is 2. The smallest absolute Gasteiger partial charge is 0.287 e. The number of carbonyl (C=O) groups is 1. The molecule has 0 fully saturated rings. The first-order valence-corrected chi connectivity index (χ1v) is 7.38. The molecule has 2 rings (SSSR count). The normalized spacial score (nSPS) is 12.0. The molecule has 0 aliphatic rings. The third kappa shape index (κ3) is 4.32. The summed E-state index contributed by atoms with van der Waals surface area (Å²) >= 11 is 11.9.